The molecule has 0 radical (unpaired) electrons. The molecule has 3 aromatic rings. The second kappa shape index (κ2) is 8.81. The van der Waals surface area contributed by atoms with Crippen molar-refractivity contribution in [1.29, 1.82) is 0 Å². The SMILES string of the molecule is COc1ccc(C(=O)Nc2c(C)cccc2C)cc1COc1ccc(Cl)cc1. The third-order valence-corrected chi connectivity index (χ3v) is 4.72. The number of para-hydroxylation sites is 1. The Kier molecular flexibility index (Phi) is 6.22. The first-order valence-corrected chi connectivity index (χ1v) is 9.28. The molecule has 0 fully saturated rings. The molecule has 4 nitrogen and oxygen atoms in total. The molecular weight excluding hydrogens is 374 g/mol. The maximum atomic E-state index is 12.8. The summed E-state index contributed by atoms with van der Waals surface area (Å²) >= 11 is 5.90. The number of ether oxygens (including phenoxy) is 2. The number of carbonyl (C=O) groups is 1. The Morgan fingerprint density at radius 3 is 2.32 bits per heavy atom. The maximum absolute atomic E-state index is 12.8. The average molecular weight is 396 g/mol. The number of aryl methyl sites for hydroxylation is 2. The summed E-state index contributed by atoms with van der Waals surface area (Å²) in [6, 6.07) is 18.4. The summed E-state index contributed by atoms with van der Waals surface area (Å²) in [5, 5.41) is 3.65. The standard InChI is InChI=1S/C23H22ClNO3/c1-15-5-4-6-16(2)22(15)25-23(26)17-7-12-21(27-3)18(13-17)14-28-20-10-8-19(24)9-11-20/h4-13H,14H2,1-3H3,(H,25,26). The molecule has 3 aromatic carbocycles. The number of hydrogen-bond acceptors (Lipinski definition) is 3. The summed E-state index contributed by atoms with van der Waals surface area (Å²) in [5.74, 6) is 1.18. The van der Waals surface area contributed by atoms with E-state index in [1.54, 1.807) is 49.6 Å². The Bertz CT molecular complexity index is 963. The van der Waals surface area contributed by atoms with Gasteiger partial charge in [-0.2, -0.15) is 0 Å². The van der Waals surface area contributed by atoms with Gasteiger partial charge in [-0.25, -0.2) is 0 Å². The van der Waals surface area contributed by atoms with Crippen LogP contribution in [0.2, 0.25) is 5.02 Å². The van der Waals surface area contributed by atoms with Crippen LogP contribution >= 0.6 is 11.6 Å². The van der Waals surface area contributed by atoms with Gasteiger partial charge < -0.3 is 14.8 Å². The third-order valence-electron chi connectivity index (χ3n) is 4.47. The monoisotopic (exact) mass is 395 g/mol. The molecule has 0 atom stereocenters. The number of nitrogens with one attached hydrogen (secondary N) is 1. The lowest BCUT2D eigenvalue weighted by molar-refractivity contribution is 0.102. The highest BCUT2D eigenvalue weighted by molar-refractivity contribution is 6.30. The molecule has 0 heterocycles. The van der Waals surface area contributed by atoms with Crippen molar-refractivity contribution in [2.45, 2.75) is 20.5 Å². The Morgan fingerprint density at radius 1 is 1.00 bits per heavy atom. The van der Waals surface area contributed by atoms with E-state index in [9.17, 15) is 4.79 Å². The summed E-state index contributed by atoms with van der Waals surface area (Å²) in [6.45, 7) is 4.22. The van der Waals surface area contributed by atoms with Gasteiger partial charge in [0.25, 0.3) is 5.91 Å². The molecule has 0 spiro atoms. The maximum Gasteiger partial charge on any atom is 0.255 e. The molecule has 0 aliphatic heterocycles. The summed E-state index contributed by atoms with van der Waals surface area (Å²) in [7, 11) is 1.59. The van der Waals surface area contributed by atoms with Gasteiger partial charge in [-0.1, -0.05) is 29.8 Å². The van der Waals surface area contributed by atoms with Crippen LogP contribution in [0.5, 0.6) is 11.5 Å². The zero-order valence-corrected chi connectivity index (χ0v) is 16.8. The molecule has 144 valence electrons. The first-order valence-electron chi connectivity index (χ1n) is 8.91. The quantitative estimate of drug-likeness (QED) is 0.574. The fourth-order valence-corrected chi connectivity index (χ4v) is 3.05. The van der Waals surface area contributed by atoms with Gasteiger partial charge in [-0.3, -0.25) is 4.79 Å². The van der Waals surface area contributed by atoms with E-state index >= 15 is 0 Å². The van der Waals surface area contributed by atoms with Gasteiger partial charge in [0.15, 0.2) is 0 Å². The van der Waals surface area contributed by atoms with Gasteiger partial charge in [-0.15, -0.1) is 0 Å². The number of benzene rings is 3. The Labute approximate surface area is 170 Å². The third kappa shape index (κ3) is 4.65. The van der Waals surface area contributed by atoms with Gasteiger partial charge >= 0.3 is 0 Å². The van der Waals surface area contributed by atoms with E-state index in [1.165, 1.54) is 0 Å². The number of rotatable bonds is 6. The van der Waals surface area contributed by atoms with Crippen molar-refractivity contribution in [3.8, 4) is 11.5 Å². The van der Waals surface area contributed by atoms with Crippen molar-refractivity contribution in [1.82, 2.24) is 0 Å². The Morgan fingerprint density at radius 2 is 1.68 bits per heavy atom. The zero-order chi connectivity index (χ0) is 20.1. The number of halogens is 1. The van der Waals surface area contributed by atoms with Crippen molar-refractivity contribution in [2.75, 3.05) is 12.4 Å². The van der Waals surface area contributed by atoms with Crippen LogP contribution in [0, 0.1) is 13.8 Å². The predicted octanol–water partition coefficient (Wildman–Crippen LogP) is 5.80. The van der Waals surface area contributed by atoms with E-state index in [4.69, 9.17) is 21.1 Å². The fourth-order valence-electron chi connectivity index (χ4n) is 2.92. The Hall–Kier alpha value is -2.98. The van der Waals surface area contributed by atoms with Crippen molar-refractivity contribution in [2.24, 2.45) is 0 Å². The number of methoxy groups -OCH3 is 1. The number of carbonyl (C=O) groups excluding carboxylic acids is 1. The zero-order valence-electron chi connectivity index (χ0n) is 16.1. The van der Waals surface area contributed by atoms with Gasteiger partial charge in [-0.05, 0) is 67.4 Å². The van der Waals surface area contributed by atoms with Gasteiger partial charge in [0.2, 0.25) is 0 Å². The highest BCUT2D eigenvalue weighted by Crippen LogP contribution is 2.25. The second-order valence-electron chi connectivity index (χ2n) is 6.49. The van der Waals surface area contributed by atoms with Gasteiger partial charge in [0, 0.05) is 21.8 Å². The van der Waals surface area contributed by atoms with E-state index in [0.717, 1.165) is 22.4 Å². The molecule has 1 amide bonds. The summed E-state index contributed by atoms with van der Waals surface area (Å²) < 4.78 is 11.2. The molecule has 0 bridgehead atoms. The van der Waals surface area contributed by atoms with Crippen LogP contribution in [-0.4, -0.2) is 13.0 Å². The normalized spacial score (nSPS) is 10.4. The van der Waals surface area contributed by atoms with Crippen LogP contribution in [0.3, 0.4) is 0 Å². The van der Waals surface area contributed by atoms with Crippen LogP contribution in [0.4, 0.5) is 5.69 Å². The first-order chi connectivity index (χ1) is 13.5. The molecule has 28 heavy (non-hydrogen) atoms. The fraction of sp³-hybridized carbons (Fsp3) is 0.174. The lowest BCUT2D eigenvalue weighted by atomic mass is 10.1. The molecule has 0 aliphatic carbocycles. The molecule has 1 N–H and O–H groups in total. The van der Waals surface area contributed by atoms with Crippen molar-refractivity contribution in [3.63, 3.8) is 0 Å². The minimum Gasteiger partial charge on any atom is -0.496 e. The minimum atomic E-state index is -0.173. The summed E-state index contributed by atoms with van der Waals surface area (Å²) in [5.41, 5.74) is 4.20. The molecule has 0 unspecified atom stereocenters. The van der Waals surface area contributed by atoms with Crippen LogP contribution in [0.15, 0.2) is 60.7 Å². The molecule has 0 aliphatic rings. The first kappa shape index (κ1) is 19.8. The summed E-state index contributed by atoms with van der Waals surface area (Å²) in [6.07, 6.45) is 0. The molecule has 0 saturated carbocycles. The number of hydrogen-bond donors (Lipinski definition) is 1. The lowest BCUT2D eigenvalue weighted by Crippen LogP contribution is -2.14. The topological polar surface area (TPSA) is 47.6 Å². The molecule has 0 aromatic heterocycles. The number of amides is 1. The van der Waals surface area contributed by atoms with Gasteiger partial charge in [0.1, 0.15) is 18.1 Å². The summed E-state index contributed by atoms with van der Waals surface area (Å²) in [4.78, 5) is 12.8. The van der Waals surface area contributed by atoms with Crippen LogP contribution < -0.4 is 14.8 Å². The average Bonchev–Trinajstić information content (AvgIpc) is 2.70. The predicted molar refractivity (Wildman–Crippen MR) is 113 cm³/mol. The van der Waals surface area contributed by atoms with E-state index in [-0.39, 0.29) is 12.5 Å². The van der Waals surface area contributed by atoms with E-state index in [1.807, 2.05) is 32.0 Å². The van der Waals surface area contributed by atoms with Crippen molar-refractivity contribution >= 4 is 23.2 Å². The van der Waals surface area contributed by atoms with E-state index in [2.05, 4.69) is 5.32 Å². The van der Waals surface area contributed by atoms with Crippen molar-refractivity contribution < 1.29 is 14.3 Å². The highest BCUT2D eigenvalue weighted by Gasteiger charge is 2.13. The second-order valence-corrected chi connectivity index (χ2v) is 6.93. The molecule has 0 saturated heterocycles. The van der Waals surface area contributed by atoms with E-state index < -0.39 is 0 Å². The molecular formula is C23H22ClNO3. The van der Waals surface area contributed by atoms with E-state index in [0.29, 0.717) is 22.1 Å². The van der Waals surface area contributed by atoms with Crippen LogP contribution in [-0.2, 0) is 6.61 Å². The van der Waals surface area contributed by atoms with Crippen LogP contribution in [0.1, 0.15) is 27.0 Å². The van der Waals surface area contributed by atoms with Crippen molar-refractivity contribution in [3.05, 3.63) is 87.9 Å². The molecule has 5 heteroatoms. The smallest absolute Gasteiger partial charge is 0.255 e. The number of anilines is 1. The minimum absolute atomic E-state index is 0.173. The highest BCUT2D eigenvalue weighted by atomic mass is 35.5. The Balaban J connectivity index is 1.79. The van der Waals surface area contributed by atoms with Crippen LogP contribution in [0.25, 0.3) is 0 Å². The largest absolute Gasteiger partial charge is 0.496 e. The lowest BCUT2D eigenvalue weighted by Gasteiger charge is -2.14. The van der Waals surface area contributed by atoms with Gasteiger partial charge in [0.05, 0.1) is 7.11 Å². The molecule has 3 rings (SSSR count).